The van der Waals surface area contributed by atoms with Crippen LogP contribution in [0.4, 0.5) is 5.69 Å². The molecule has 0 radical (unpaired) electrons. The van der Waals surface area contributed by atoms with Crippen LogP contribution in [-0.2, 0) is 6.42 Å². The summed E-state index contributed by atoms with van der Waals surface area (Å²) < 4.78 is 6.60. The minimum Gasteiger partial charge on any atom is -0.454 e. The number of nitrogens with two attached hydrogens (primary N) is 1. The van der Waals surface area contributed by atoms with E-state index in [2.05, 4.69) is 27.8 Å². The van der Waals surface area contributed by atoms with Gasteiger partial charge in [-0.25, -0.2) is 0 Å². The van der Waals surface area contributed by atoms with Crippen LogP contribution in [-0.4, -0.2) is 4.98 Å². The maximum atomic E-state index is 5.85. The van der Waals surface area contributed by atoms with Crippen LogP contribution in [0.1, 0.15) is 12.5 Å². The van der Waals surface area contributed by atoms with E-state index in [1.165, 1.54) is 0 Å². The number of ether oxygens (including phenoxy) is 1. The molecule has 0 saturated carbocycles. The van der Waals surface area contributed by atoms with Crippen molar-refractivity contribution in [3.63, 3.8) is 0 Å². The molecule has 0 saturated heterocycles. The molecule has 88 valence electrons. The molecule has 0 spiro atoms. The summed E-state index contributed by atoms with van der Waals surface area (Å²) in [5.74, 6) is 1.44. The smallest absolute Gasteiger partial charge is 0.167 e. The average Bonchev–Trinajstić information content (AvgIpc) is 2.34. The van der Waals surface area contributed by atoms with E-state index in [4.69, 9.17) is 10.5 Å². The first-order chi connectivity index (χ1) is 8.22. The number of hydrogen-bond donors (Lipinski definition) is 1. The van der Waals surface area contributed by atoms with Crippen LogP contribution < -0.4 is 10.5 Å². The van der Waals surface area contributed by atoms with E-state index in [9.17, 15) is 0 Å². The fraction of sp³-hybridized carbons (Fsp3) is 0.154. The molecule has 17 heavy (non-hydrogen) atoms. The molecule has 1 heterocycles. The first-order valence-electron chi connectivity index (χ1n) is 5.37. The Balaban J connectivity index is 2.38. The maximum absolute atomic E-state index is 5.85. The molecule has 1 aromatic carbocycles. The summed E-state index contributed by atoms with van der Waals surface area (Å²) in [5, 5.41) is 0. The molecule has 3 nitrogen and oxygen atoms in total. The molecule has 0 fully saturated rings. The van der Waals surface area contributed by atoms with Crippen LogP contribution in [0, 0.1) is 0 Å². The second kappa shape index (κ2) is 5.19. The molecule has 0 aliphatic carbocycles. The van der Waals surface area contributed by atoms with Crippen LogP contribution in [0.5, 0.6) is 11.5 Å². The van der Waals surface area contributed by atoms with Crippen LogP contribution in [0.2, 0.25) is 0 Å². The lowest BCUT2D eigenvalue weighted by Gasteiger charge is -2.12. The molecule has 2 aromatic rings. The summed E-state index contributed by atoms with van der Waals surface area (Å²) in [7, 11) is 0. The molecule has 2 N–H and O–H groups in total. The molecule has 0 atom stereocenters. The number of anilines is 1. The SMILES string of the molecule is CCc1ccccc1Oc1c(N)cncc1Br. The summed E-state index contributed by atoms with van der Waals surface area (Å²) in [4.78, 5) is 3.98. The van der Waals surface area contributed by atoms with Gasteiger partial charge in [-0.2, -0.15) is 0 Å². The van der Waals surface area contributed by atoms with Gasteiger partial charge in [-0.05, 0) is 34.0 Å². The minimum atomic E-state index is 0.519. The molecular formula is C13H13BrN2O. The van der Waals surface area contributed by atoms with Gasteiger partial charge < -0.3 is 10.5 Å². The summed E-state index contributed by atoms with van der Waals surface area (Å²) >= 11 is 3.38. The standard InChI is InChI=1S/C13H13BrN2O/c1-2-9-5-3-4-6-12(9)17-13-10(14)7-16-8-11(13)15/h3-8H,2,15H2,1H3. The molecule has 1 aromatic heterocycles. The largest absolute Gasteiger partial charge is 0.454 e. The Morgan fingerprint density at radius 2 is 2.06 bits per heavy atom. The minimum absolute atomic E-state index is 0.519. The Bertz CT molecular complexity index is 508. The van der Waals surface area contributed by atoms with Crippen LogP contribution in [0.25, 0.3) is 0 Å². The van der Waals surface area contributed by atoms with E-state index >= 15 is 0 Å². The van der Waals surface area contributed by atoms with Crippen LogP contribution in [0.3, 0.4) is 0 Å². The third-order valence-electron chi connectivity index (χ3n) is 2.45. The highest BCUT2D eigenvalue weighted by Crippen LogP contribution is 2.35. The van der Waals surface area contributed by atoms with Crippen molar-refractivity contribution in [2.75, 3.05) is 5.73 Å². The molecule has 0 unspecified atom stereocenters. The summed E-state index contributed by atoms with van der Waals surface area (Å²) in [6, 6.07) is 7.92. The van der Waals surface area contributed by atoms with E-state index < -0.39 is 0 Å². The van der Waals surface area contributed by atoms with Crippen LogP contribution in [0.15, 0.2) is 41.1 Å². The number of nitrogens with zero attached hydrogens (tertiary/aromatic N) is 1. The van der Waals surface area contributed by atoms with Gasteiger partial charge >= 0.3 is 0 Å². The average molecular weight is 293 g/mol. The highest BCUT2D eigenvalue weighted by atomic mass is 79.9. The highest BCUT2D eigenvalue weighted by Gasteiger charge is 2.09. The van der Waals surface area contributed by atoms with Gasteiger partial charge in [0.05, 0.1) is 16.4 Å². The molecular weight excluding hydrogens is 280 g/mol. The normalized spacial score (nSPS) is 10.2. The first kappa shape index (κ1) is 11.9. The molecule has 0 aliphatic heterocycles. The van der Waals surface area contributed by atoms with Gasteiger partial charge in [0.1, 0.15) is 5.75 Å². The quantitative estimate of drug-likeness (QED) is 0.936. The number of para-hydroxylation sites is 1. The van der Waals surface area contributed by atoms with Crippen molar-refractivity contribution in [3.05, 3.63) is 46.7 Å². The Labute approximate surface area is 109 Å². The summed E-state index contributed by atoms with van der Waals surface area (Å²) in [6.45, 7) is 2.09. The Kier molecular flexibility index (Phi) is 3.64. The Morgan fingerprint density at radius 1 is 1.29 bits per heavy atom. The van der Waals surface area contributed by atoms with Gasteiger partial charge in [0, 0.05) is 6.20 Å². The lowest BCUT2D eigenvalue weighted by Crippen LogP contribution is -1.96. The Hall–Kier alpha value is -1.55. The number of aromatic nitrogens is 1. The van der Waals surface area contributed by atoms with Crippen molar-refractivity contribution in [1.29, 1.82) is 0 Å². The number of hydrogen-bond acceptors (Lipinski definition) is 3. The molecule has 0 amide bonds. The lowest BCUT2D eigenvalue weighted by atomic mass is 10.1. The zero-order valence-electron chi connectivity index (χ0n) is 9.48. The van der Waals surface area contributed by atoms with E-state index in [-0.39, 0.29) is 0 Å². The number of halogens is 1. The van der Waals surface area contributed by atoms with E-state index in [0.29, 0.717) is 11.4 Å². The van der Waals surface area contributed by atoms with Gasteiger partial charge in [-0.1, -0.05) is 25.1 Å². The van der Waals surface area contributed by atoms with Crippen molar-refractivity contribution in [2.24, 2.45) is 0 Å². The van der Waals surface area contributed by atoms with E-state index in [1.54, 1.807) is 12.4 Å². The van der Waals surface area contributed by atoms with E-state index in [1.807, 2.05) is 24.3 Å². The number of nitrogen functional groups attached to an aromatic ring is 1. The predicted molar refractivity (Wildman–Crippen MR) is 72.2 cm³/mol. The lowest BCUT2D eigenvalue weighted by molar-refractivity contribution is 0.475. The van der Waals surface area contributed by atoms with Gasteiger partial charge in [0.15, 0.2) is 5.75 Å². The summed E-state index contributed by atoms with van der Waals surface area (Å²) in [5.41, 5.74) is 7.51. The Morgan fingerprint density at radius 3 is 2.76 bits per heavy atom. The van der Waals surface area contributed by atoms with Crippen molar-refractivity contribution in [1.82, 2.24) is 4.98 Å². The third kappa shape index (κ3) is 2.58. The van der Waals surface area contributed by atoms with Crippen LogP contribution >= 0.6 is 15.9 Å². The first-order valence-corrected chi connectivity index (χ1v) is 6.16. The van der Waals surface area contributed by atoms with Crippen molar-refractivity contribution < 1.29 is 4.74 Å². The zero-order chi connectivity index (χ0) is 12.3. The number of benzene rings is 1. The second-order valence-electron chi connectivity index (χ2n) is 3.60. The van der Waals surface area contributed by atoms with Crippen molar-refractivity contribution in [2.45, 2.75) is 13.3 Å². The van der Waals surface area contributed by atoms with Gasteiger partial charge in [-0.3, -0.25) is 4.98 Å². The maximum Gasteiger partial charge on any atom is 0.167 e. The van der Waals surface area contributed by atoms with Gasteiger partial charge in [0.25, 0.3) is 0 Å². The predicted octanol–water partition coefficient (Wildman–Crippen LogP) is 3.78. The fourth-order valence-electron chi connectivity index (χ4n) is 1.55. The third-order valence-corrected chi connectivity index (χ3v) is 3.01. The molecule has 2 rings (SSSR count). The molecule has 4 heteroatoms. The molecule has 0 aliphatic rings. The molecule has 0 bridgehead atoms. The zero-order valence-corrected chi connectivity index (χ0v) is 11.1. The van der Waals surface area contributed by atoms with Gasteiger partial charge in [-0.15, -0.1) is 0 Å². The summed E-state index contributed by atoms with van der Waals surface area (Å²) in [6.07, 6.45) is 4.16. The van der Waals surface area contributed by atoms with Gasteiger partial charge in [0.2, 0.25) is 0 Å². The van der Waals surface area contributed by atoms with E-state index in [0.717, 1.165) is 22.2 Å². The fourth-order valence-corrected chi connectivity index (χ4v) is 1.98. The van der Waals surface area contributed by atoms with Crippen molar-refractivity contribution >= 4 is 21.6 Å². The monoisotopic (exact) mass is 292 g/mol. The number of pyridine rings is 1. The number of rotatable bonds is 3. The topological polar surface area (TPSA) is 48.1 Å². The van der Waals surface area contributed by atoms with Crippen molar-refractivity contribution in [3.8, 4) is 11.5 Å². The highest BCUT2D eigenvalue weighted by molar-refractivity contribution is 9.10. The number of aryl methyl sites for hydroxylation is 1. The second-order valence-corrected chi connectivity index (χ2v) is 4.46.